The van der Waals surface area contributed by atoms with Gasteiger partial charge in [0.1, 0.15) is 5.69 Å². The first-order valence-corrected chi connectivity index (χ1v) is 6.97. The number of nitrogens with one attached hydrogen (secondary N) is 1. The van der Waals surface area contributed by atoms with Crippen LogP contribution in [0.1, 0.15) is 35.0 Å². The number of amides is 1. The van der Waals surface area contributed by atoms with Crippen LogP contribution in [-0.2, 0) is 7.05 Å². The van der Waals surface area contributed by atoms with E-state index in [0.717, 1.165) is 18.5 Å². The molecule has 0 spiro atoms. The third kappa shape index (κ3) is 2.53. The van der Waals surface area contributed by atoms with Gasteiger partial charge < -0.3 is 14.4 Å². The van der Waals surface area contributed by atoms with Crippen LogP contribution < -0.4 is 10.7 Å². The maximum Gasteiger partial charge on any atom is 0.294 e. The molecule has 1 amide bonds. The SMILES string of the molecule is Cn1cc(Br)c(=O)c(NC(=O)c2cc(C3CC3)no2)c1. The van der Waals surface area contributed by atoms with E-state index in [2.05, 4.69) is 26.4 Å². The van der Waals surface area contributed by atoms with Gasteiger partial charge in [0.15, 0.2) is 0 Å². The Morgan fingerprint density at radius 3 is 2.95 bits per heavy atom. The Bertz CT molecular complexity index is 731. The molecule has 104 valence electrons. The van der Waals surface area contributed by atoms with Crippen LogP contribution in [0, 0.1) is 0 Å². The van der Waals surface area contributed by atoms with Crippen LogP contribution in [0.3, 0.4) is 0 Å². The normalized spacial score (nSPS) is 14.3. The van der Waals surface area contributed by atoms with E-state index in [9.17, 15) is 9.59 Å². The molecular formula is C13H12BrN3O3. The van der Waals surface area contributed by atoms with Gasteiger partial charge in [-0.2, -0.15) is 0 Å². The van der Waals surface area contributed by atoms with E-state index < -0.39 is 5.91 Å². The third-order valence-electron chi connectivity index (χ3n) is 3.11. The van der Waals surface area contributed by atoms with E-state index >= 15 is 0 Å². The number of carbonyl (C=O) groups is 1. The molecule has 1 saturated carbocycles. The average molecular weight is 338 g/mol. The van der Waals surface area contributed by atoms with E-state index in [1.54, 1.807) is 30.1 Å². The first-order valence-electron chi connectivity index (χ1n) is 6.18. The molecule has 1 N–H and O–H groups in total. The lowest BCUT2D eigenvalue weighted by atomic mass is 10.2. The molecule has 6 nitrogen and oxygen atoms in total. The molecule has 20 heavy (non-hydrogen) atoms. The lowest BCUT2D eigenvalue weighted by Gasteiger charge is -2.05. The van der Waals surface area contributed by atoms with Crippen molar-refractivity contribution in [3.05, 3.63) is 44.6 Å². The molecule has 0 aromatic carbocycles. The average Bonchev–Trinajstić information content (AvgIpc) is 3.13. The summed E-state index contributed by atoms with van der Waals surface area (Å²) in [7, 11) is 1.76. The molecule has 0 unspecified atom stereocenters. The van der Waals surface area contributed by atoms with E-state index in [-0.39, 0.29) is 16.9 Å². The molecule has 2 aromatic rings. The summed E-state index contributed by atoms with van der Waals surface area (Å²) >= 11 is 3.15. The largest absolute Gasteiger partial charge is 0.354 e. The first-order chi connectivity index (χ1) is 9.54. The molecule has 1 aliphatic carbocycles. The number of aryl methyl sites for hydroxylation is 1. The van der Waals surface area contributed by atoms with Crippen LogP contribution in [0.2, 0.25) is 0 Å². The number of nitrogens with zero attached hydrogens (tertiary/aromatic N) is 2. The molecule has 0 saturated heterocycles. The number of anilines is 1. The molecule has 0 bridgehead atoms. The van der Waals surface area contributed by atoms with Gasteiger partial charge >= 0.3 is 0 Å². The van der Waals surface area contributed by atoms with Gasteiger partial charge in [0.05, 0.1) is 10.2 Å². The zero-order valence-electron chi connectivity index (χ0n) is 10.7. The number of pyridine rings is 1. The predicted octanol–water partition coefficient (Wildman–Crippen LogP) is 2.27. The molecule has 0 aliphatic heterocycles. The van der Waals surface area contributed by atoms with Crippen molar-refractivity contribution >= 4 is 27.5 Å². The molecule has 1 fully saturated rings. The Morgan fingerprint density at radius 2 is 2.25 bits per heavy atom. The van der Waals surface area contributed by atoms with Gasteiger partial charge in [0.25, 0.3) is 5.91 Å². The summed E-state index contributed by atoms with van der Waals surface area (Å²) in [5, 5.41) is 6.41. The van der Waals surface area contributed by atoms with Gasteiger partial charge in [-0.1, -0.05) is 5.16 Å². The van der Waals surface area contributed by atoms with Crippen molar-refractivity contribution in [3.63, 3.8) is 0 Å². The van der Waals surface area contributed by atoms with Crippen molar-refractivity contribution in [1.29, 1.82) is 0 Å². The van der Waals surface area contributed by atoms with Gasteiger partial charge in [-0.3, -0.25) is 9.59 Å². The van der Waals surface area contributed by atoms with Gasteiger partial charge in [-0.15, -0.1) is 0 Å². The van der Waals surface area contributed by atoms with E-state index in [1.165, 1.54) is 0 Å². The molecule has 3 rings (SSSR count). The second-order valence-electron chi connectivity index (χ2n) is 4.86. The third-order valence-corrected chi connectivity index (χ3v) is 3.67. The second-order valence-corrected chi connectivity index (χ2v) is 5.71. The lowest BCUT2D eigenvalue weighted by Crippen LogP contribution is -2.19. The number of carbonyl (C=O) groups excluding carboxylic acids is 1. The Labute approximate surface area is 122 Å². The summed E-state index contributed by atoms with van der Waals surface area (Å²) in [4.78, 5) is 23.9. The van der Waals surface area contributed by atoms with Gasteiger partial charge in [0, 0.05) is 31.4 Å². The zero-order chi connectivity index (χ0) is 14.3. The minimum absolute atomic E-state index is 0.119. The highest BCUT2D eigenvalue weighted by Gasteiger charge is 2.28. The number of aromatic nitrogens is 2. The standard InChI is InChI=1S/C13H12BrN3O3/c1-17-5-8(14)12(18)10(6-17)15-13(19)11-4-9(16-20-11)7-2-3-7/h4-7H,2-3H2,1H3,(H,15,19). The summed E-state index contributed by atoms with van der Waals surface area (Å²) in [6.45, 7) is 0. The van der Waals surface area contributed by atoms with Gasteiger partial charge in [-0.05, 0) is 28.8 Å². The summed E-state index contributed by atoms with van der Waals surface area (Å²) in [5.41, 5.74) is 0.715. The van der Waals surface area contributed by atoms with Crippen LogP contribution in [0.5, 0.6) is 0 Å². The Kier molecular flexibility index (Phi) is 3.21. The molecule has 0 atom stereocenters. The lowest BCUT2D eigenvalue weighted by molar-refractivity contribution is 0.0987. The highest BCUT2D eigenvalue weighted by Crippen LogP contribution is 2.39. The minimum Gasteiger partial charge on any atom is -0.354 e. The van der Waals surface area contributed by atoms with E-state index in [4.69, 9.17) is 4.52 Å². The Morgan fingerprint density at radius 1 is 1.50 bits per heavy atom. The fraction of sp³-hybridized carbons (Fsp3) is 0.308. The number of halogens is 1. The summed E-state index contributed by atoms with van der Waals surface area (Å²) in [5.74, 6) is 0.0626. The van der Waals surface area contributed by atoms with Crippen molar-refractivity contribution in [3.8, 4) is 0 Å². The second kappa shape index (κ2) is 4.90. The maximum atomic E-state index is 12.0. The maximum absolute atomic E-state index is 12.0. The fourth-order valence-electron chi connectivity index (χ4n) is 1.91. The molecular weight excluding hydrogens is 326 g/mol. The first kappa shape index (κ1) is 13.1. The van der Waals surface area contributed by atoms with Crippen LogP contribution in [0.25, 0.3) is 0 Å². The zero-order valence-corrected chi connectivity index (χ0v) is 12.3. The Balaban J connectivity index is 1.83. The van der Waals surface area contributed by atoms with Crippen LogP contribution in [0.15, 0.2) is 32.3 Å². The van der Waals surface area contributed by atoms with Crippen molar-refractivity contribution in [1.82, 2.24) is 9.72 Å². The van der Waals surface area contributed by atoms with Crippen molar-refractivity contribution < 1.29 is 9.32 Å². The topological polar surface area (TPSA) is 77.1 Å². The highest BCUT2D eigenvalue weighted by molar-refractivity contribution is 9.10. The predicted molar refractivity (Wildman–Crippen MR) is 75.8 cm³/mol. The highest BCUT2D eigenvalue weighted by atomic mass is 79.9. The number of rotatable bonds is 3. The monoisotopic (exact) mass is 337 g/mol. The number of hydrogen-bond donors (Lipinski definition) is 1. The summed E-state index contributed by atoms with van der Waals surface area (Å²) in [6.07, 6.45) is 5.33. The Hall–Kier alpha value is -1.89. The fourth-order valence-corrected chi connectivity index (χ4v) is 2.44. The van der Waals surface area contributed by atoms with Crippen molar-refractivity contribution in [2.45, 2.75) is 18.8 Å². The van der Waals surface area contributed by atoms with E-state index in [0.29, 0.717) is 10.4 Å². The summed E-state index contributed by atoms with van der Waals surface area (Å²) in [6, 6.07) is 1.63. The molecule has 7 heteroatoms. The summed E-state index contributed by atoms with van der Waals surface area (Å²) < 4.78 is 7.08. The van der Waals surface area contributed by atoms with E-state index in [1.807, 2.05) is 0 Å². The molecule has 1 aliphatic rings. The molecule has 2 aromatic heterocycles. The molecule has 0 radical (unpaired) electrons. The quantitative estimate of drug-likeness (QED) is 0.931. The minimum atomic E-state index is -0.473. The van der Waals surface area contributed by atoms with Gasteiger partial charge in [-0.25, -0.2) is 0 Å². The van der Waals surface area contributed by atoms with Crippen molar-refractivity contribution in [2.24, 2.45) is 7.05 Å². The smallest absolute Gasteiger partial charge is 0.294 e. The van der Waals surface area contributed by atoms with Crippen LogP contribution in [-0.4, -0.2) is 15.6 Å². The van der Waals surface area contributed by atoms with Crippen LogP contribution >= 0.6 is 15.9 Å². The number of hydrogen-bond acceptors (Lipinski definition) is 4. The van der Waals surface area contributed by atoms with Gasteiger partial charge in [0.2, 0.25) is 11.2 Å². The van der Waals surface area contributed by atoms with Crippen LogP contribution in [0.4, 0.5) is 5.69 Å². The molecule has 2 heterocycles. The van der Waals surface area contributed by atoms with Crippen molar-refractivity contribution in [2.75, 3.05) is 5.32 Å².